The summed E-state index contributed by atoms with van der Waals surface area (Å²) in [6.45, 7) is 2.69. The van der Waals surface area contributed by atoms with Crippen LogP contribution in [-0.4, -0.2) is 5.11 Å². The molecule has 0 saturated carbocycles. The van der Waals surface area contributed by atoms with Gasteiger partial charge in [-0.3, -0.25) is 0 Å². The van der Waals surface area contributed by atoms with Crippen molar-refractivity contribution >= 4 is 5.57 Å². The maximum atomic E-state index is 15.0. The first-order valence-electron chi connectivity index (χ1n) is 12.6. The van der Waals surface area contributed by atoms with Gasteiger partial charge in [0.2, 0.25) is 5.82 Å². The van der Waals surface area contributed by atoms with Crippen LogP contribution in [0.1, 0.15) is 79.4 Å². The topological polar surface area (TPSA) is 29.5 Å². The average Bonchev–Trinajstić information content (AvgIpc) is 2.90. The number of allylic oxidation sites excluding steroid dienone is 2. The Bertz CT molecular complexity index is 1370. The Labute approximate surface area is 217 Å². The minimum absolute atomic E-state index is 0.0435. The van der Waals surface area contributed by atoms with Crippen LogP contribution in [0.15, 0.2) is 42.5 Å². The zero-order chi connectivity index (χ0) is 27.6. The summed E-state index contributed by atoms with van der Waals surface area (Å²) in [4.78, 5) is 0. The Kier molecular flexibility index (Phi) is 8.51. The van der Waals surface area contributed by atoms with Crippen molar-refractivity contribution in [3.63, 3.8) is 0 Å². The average molecular weight is 535 g/mol. The smallest absolute Gasteiger partial charge is 0.200 e. The third-order valence-electron chi connectivity index (χ3n) is 6.98. The summed E-state index contributed by atoms with van der Waals surface area (Å²) in [5.41, 5.74) is 0.683. The monoisotopic (exact) mass is 534 g/mol. The fourth-order valence-corrected chi connectivity index (χ4v) is 4.83. The molecule has 0 spiro atoms. The molecule has 2 atom stereocenters. The number of hydrogen-bond donors (Lipinski definition) is 1. The first-order chi connectivity index (χ1) is 18.1. The molecule has 8 heteroatoms. The van der Waals surface area contributed by atoms with Crippen molar-refractivity contribution in [2.24, 2.45) is 0 Å². The highest BCUT2D eigenvalue weighted by Crippen LogP contribution is 2.39. The van der Waals surface area contributed by atoms with E-state index in [1.807, 2.05) is 6.92 Å². The number of rotatable bonds is 8. The molecule has 0 radical (unpaired) electrons. The largest absolute Gasteiger partial charge is 0.486 e. The van der Waals surface area contributed by atoms with E-state index in [1.54, 1.807) is 6.08 Å². The summed E-state index contributed by atoms with van der Waals surface area (Å²) in [5, 5.41) is 9.58. The SMILES string of the molecule is CCCc1ccc(OCc2ccc(C3=CCC(c4ccc(C(C)O)c(F)c4F)CC3)c(F)c2F)c(F)c1F. The predicted molar refractivity (Wildman–Crippen MR) is 133 cm³/mol. The minimum Gasteiger partial charge on any atom is -0.486 e. The van der Waals surface area contributed by atoms with Crippen molar-refractivity contribution in [2.75, 3.05) is 0 Å². The van der Waals surface area contributed by atoms with Crippen molar-refractivity contribution in [2.45, 2.75) is 64.6 Å². The molecular formula is C30H28F6O2. The van der Waals surface area contributed by atoms with Gasteiger partial charge in [-0.1, -0.05) is 49.8 Å². The van der Waals surface area contributed by atoms with Crippen LogP contribution >= 0.6 is 0 Å². The highest BCUT2D eigenvalue weighted by Gasteiger charge is 2.26. The van der Waals surface area contributed by atoms with Crippen LogP contribution in [0, 0.1) is 34.9 Å². The fraction of sp³-hybridized carbons (Fsp3) is 0.333. The molecule has 1 N–H and O–H groups in total. The van der Waals surface area contributed by atoms with Crippen LogP contribution in [0.25, 0.3) is 5.57 Å². The van der Waals surface area contributed by atoms with Gasteiger partial charge in [0.15, 0.2) is 34.8 Å². The number of benzene rings is 3. The summed E-state index contributed by atoms with van der Waals surface area (Å²) >= 11 is 0. The second-order valence-corrected chi connectivity index (χ2v) is 9.54. The standard InChI is InChI=1S/C30H28F6O2/c1-3-4-19-10-14-24(30(36)25(19)31)38-15-20-9-11-22(28(34)26(20)32)17-5-7-18(8-6-17)23-13-12-21(16(2)37)27(33)29(23)35/h5,9-14,16,18,37H,3-4,6-8,15H2,1-2H3. The lowest BCUT2D eigenvalue weighted by atomic mass is 9.82. The third-order valence-corrected chi connectivity index (χ3v) is 6.98. The Hall–Kier alpha value is -3.26. The highest BCUT2D eigenvalue weighted by atomic mass is 19.2. The molecule has 0 amide bonds. The molecule has 1 aliphatic carbocycles. The van der Waals surface area contributed by atoms with Gasteiger partial charge >= 0.3 is 0 Å². The lowest BCUT2D eigenvalue weighted by Crippen LogP contribution is -2.10. The molecule has 4 rings (SSSR count). The van der Waals surface area contributed by atoms with Gasteiger partial charge in [0.05, 0.1) is 6.10 Å². The highest BCUT2D eigenvalue weighted by molar-refractivity contribution is 5.67. The summed E-state index contributed by atoms with van der Waals surface area (Å²) in [7, 11) is 0. The van der Waals surface area contributed by atoms with Gasteiger partial charge in [0.25, 0.3) is 0 Å². The summed E-state index contributed by atoms with van der Waals surface area (Å²) in [6.07, 6.45) is 2.53. The molecule has 0 saturated heterocycles. The molecule has 0 bridgehead atoms. The molecular weight excluding hydrogens is 506 g/mol. The summed E-state index contributed by atoms with van der Waals surface area (Å²) in [6, 6.07) is 8.19. The van der Waals surface area contributed by atoms with Crippen molar-refractivity contribution < 1.29 is 36.2 Å². The quantitative estimate of drug-likeness (QED) is 0.294. The van der Waals surface area contributed by atoms with Gasteiger partial charge in [0.1, 0.15) is 6.61 Å². The summed E-state index contributed by atoms with van der Waals surface area (Å²) in [5.74, 6) is -7.29. The van der Waals surface area contributed by atoms with Gasteiger partial charge < -0.3 is 9.84 Å². The number of aliphatic hydroxyl groups is 1. The molecule has 0 fully saturated rings. The number of ether oxygens (including phenoxy) is 1. The van der Waals surface area contributed by atoms with E-state index < -0.39 is 53.4 Å². The number of aliphatic hydroxyl groups excluding tert-OH is 1. The van der Waals surface area contributed by atoms with Gasteiger partial charge in [-0.25, -0.2) is 22.0 Å². The molecule has 38 heavy (non-hydrogen) atoms. The van der Waals surface area contributed by atoms with Gasteiger partial charge in [-0.05, 0) is 61.3 Å². The molecule has 3 aromatic rings. The Morgan fingerprint density at radius 1 is 0.842 bits per heavy atom. The van der Waals surface area contributed by atoms with Crippen LogP contribution in [0.4, 0.5) is 26.3 Å². The molecule has 202 valence electrons. The van der Waals surface area contributed by atoms with E-state index >= 15 is 0 Å². The van der Waals surface area contributed by atoms with Crippen LogP contribution < -0.4 is 4.74 Å². The van der Waals surface area contributed by atoms with Crippen LogP contribution in [0.2, 0.25) is 0 Å². The van der Waals surface area contributed by atoms with E-state index in [0.29, 0.717) is 37.7 Å². The van der Waals surface area contributed by atoms with Crippen LogP contribution in [0.5, 0.6) is 5.75 Å². The van der Waals surface area contributed by atoms with E-state index in [0.717, 1.165) is 0 Å². The molecule has 2 unspecified atom stereocenters. The predicted octanol–water partition coefficient (Wildman–Crippen LogP) is 8.46. The van der Waals surface area contributed by atoms with E-state index in [1.165, 1.54) is 43.3 Å². The maximum absolute atomic E-state index is 15.0. The lowest BCUT2D eigenvalue weighted by Gasteiger charge is -2.24. The van der Waals surface area contributed by atoms with Crippen molar-refractivity contribution in [3.05, 3.63) is 105 Å². The molecule has 0 heterocycles. The zero-order valence-corrected chi connectivity index (χ0v) is 21.1. The van der Waals surface area contributed by atoms with Crippen molar-refractivity contribution in [1.82, 2.24) is 0 Å². The van der Waals surface area contributed by atoms with Crippen LogP contribution in [0.3, 0.4) is 0 Å². The van der Waals surface area contributed by atoms with E-state index in [-0.39, 0.29) is 33.7 Å². The first-order valence-corrected chi connectivity index (χ1v) is 12.6. The Balaban J connectivity index is 1.48. The van der Waals surface area contributed by atoms with Crippen LogP contribution in [-0.2, 0) is 13.0 Å². The Morgan fingerprint density at radius 3 is 2.21 bits per heavy atom. The minimum atomic E-state index is -1.17. The third kappa shape index (κ3) is 5.46. The molecule has 0 aliphatic heterocycles. The van der Waals surface area contributed by atoms with E-state index in [4.69, 9.17) is 4.74 Å². The molecule has 1 aliphatic rings. The molecule has 2 nitrogen and oxygen atoms in total. The second kappa shape index (κ2) is 11.6. The van der Waals surface area contributed by atoms with E-state index in [2.05, 4.69) is 0 Å². The Morgan fingerprint density at radius 2 is 1.55 bits per heavy atom. The number of aryl methyl sites for hydroxylation is 1. The molecule has 3 aromatic carbocycles. The van der Waals surface area contributed by atoms with Gasteiger partial charge in [-0.2, -0.15) is 4.39 Å². The molecule has 0 aromatic heterocycles. The number of halogens is 6. The second-order valence-electron chi connectivity index (χ2n) is 9.54. The number of hydrogen-bond acceptors (Lipinski definition) is 2. The zero-order valence-electron chi connectivity index (χ0n) is 21.1. The van der Waals surface area contributed by atoms with E-state index in [9.17, 15) is 31.4 Å². The lowest BCUT2D eigenvalue weighted by molar-refractivity contribution is 0.192. The normalized spacial score (nSPS) is 16.3. The summed E-state index contributed by atoms with van der Waals surface area (Å²) < 4.78 is 92.5. The fourth-order valence-electron chi connectivity index (χ4n) is 4.83. The van der Waals surface area contributed by atoms with Gasteiger partial charge in [-0.15, -0.1) is 0 Å². The van der Waals surface area contributed by atoms with Crippen molar-refractivity contribution in [1.29, 1.82) is 0 Å². The van der Waals surface area contributed by atoms with Crippen molar-refractivity contribution in [3.8, 4) is 5.75 Å². The first kappa shape index (κ1) is 27.8. The van der Waals surface area contributed by atoms with Gasteiger partial charge in [0, 0.05) is 16.7 Å². The maximum Gasteiger partial charge on any atom is 0.200 e.